The van der Waals surface area contributed by atoms with Gasteiger partial charge in [-0.25, -0.2) is 13.9 Å². The van der Waals surface area contributed by atoms with Crippen LogP contribution >= 0.6 is 15.6 Å². The van der Waals surface area contributed by atoms with E-state index in [9.17, 15) is 13.9 Å². The van der Waals surface area contributed by atoms with Crippen molar-refractivity contribution in [2.75, 3.05) is 13.7 Å². The molecule has 2 unspecified atom stereocenters. The van der Waals surface area contributed by atoms with Crippen LogP contribution in [0.15, 0.2) is 12.7 Å². The van der Waals surface area contributed by atoms with Crippen molar-refractivity contribution in [3.05, 3.63) is 12.7 Å². The lowest BCUT2D eigenvalue weighted by atomic mass is 10.7. The maximum Gasteiger partial charge on any atom is 0.541 e. The Balaban J connectivity index is 4.83. The normalized spacial score (nSPS) is 18.2. The standard InChI is InChI=1S/C6H12O8P2/c1-4-6(7)13-16(10,12-5-2)14-15(8,9)11-3/h4H,1,5H2,2-3H3,(H,8,9). The Labute approximate surface area is 92.4 Å². The zero-order chi connectivity index (χ0) is 12.8. The highest BCUT2D eigenvalue weighted by Gasteiger charge is 2.39. The molecule has 0 aliphatic carbocycles. The fourth-order valence-corrected chi connectivity index (χ4v) is 2.80. The zero-order valence-corrected chi connectivity index (χ0v) is 10.5. The van der Waals surface area contributed by atoms with Crippen LogP contribution in [-0.2, 0) is 31.8 Å². The molecule has 94 valence electrons. The molecule has 0 amide bonds. The number of carbonyl (C=O) groups is 1. The van der Waals surface area contributed by atoms with Gasteiger partial charge in [0.2, 0.25) is 0 Å². The molecule has 8 nitrogen and oxygen atoms in total. The number of carbonyl (C=O) groups excluding carboxylic acids is 1. The summed E-state index contributed by atoms with van der Waals surface area (Å²) in [4.78, 5) is 19.7. The van der Waals surface area contributed by atoms with Crippen LogP contribution in [0.25, 0.3) is 0 Å². The second-order valence-corrected chi connectivity index (χ2v) is 5.50. The van der Waals surface area contributed by atoms with Gasteiger partial charge in [-0.2, -0.15) is 4.31 Å². The number of hydrogen-bond acceptors (Lipinski definition) is 7. The third-order valence-electron chi connectivity index (χ3n) is 1.09. The maximum atomic E-state index is 11.6. The zero-order valence-electron chi connectivity index (χ0n) is 8.69. The van der Waals surface area contributed by atoms with E-state index in [4.69, 9.17) is 4.89 Å². The largest absolute Gasteiger partial charge is 0.541 e. The van der Waals surface area contributed by atoms with Gasteiger partial charge in [-0.1, -0.05) is 6.58 Å². The molecule has 0 heterocycles. The summed E-state index contributed by atoms with van der Waals surface area (Å²) >= 11 is 0. The van der Waals surface area contributed by atoms with Gasteiger partial charge >= 0.3 is 21.6 Å². The first-order valence-corrected chi connectivity index (χ1v) is 6.94. The average Bonchev–Trinajstić information content (AvgIpc) is 2.16. The van der Waals surface area contributed by atoms with Gasteiger partial charge in [0.25, 0.3) is 0 Å². The lowest BCUT2D eigenvalue weighted by Crippen LogP contribution is -2.04. The topological polar surface area (TPSA) is 108 Å². The summed E-state index contributed by atoms with van der Waals surface area (Å²) in [6, 6.07) is 0. The van der Waals surface area contributed by atoms with E-state index in [0.29, 0.717) is 6.08 Å². The van der Waals surface area contributed by atoms with E-state index in [1.54, 1.807) is 0 Å². The Morgan fingerprint density at radius 2 is 2.06 bits per heavy atom. The molecule has 2 atom stereocenters. The summed E-state index contributed by atoms with van der Waals surface area (Å²) in [7, 11) is -8.23. The SMILES string of the molecule is C=CC(=O)OP(=O)(OCC)OP(=O)(O)OC. The predicted molar refractivity (Wildman–Crippen MR) is 53.4 cm³/mol. The Kier molecular flexibility index (Phi) is 6.10. The predicted octanol–water partition coefficient (Wildman–Crippen LogP) is 1.62. The highest BCUT2D eigenvalue weighted by atomic mass is 31.3. The van der Waals surface area contributed by atoms with Crippen LogP contribution < -0.4 is 0 Å². The molecule has 0 radical (unpaired) electrons. The average molecular weight is 274 g/mol. The first kappa shape index (κ1) is 15.5. The van der Waals surface area contributed by atoms with Gasteiger partial charge in [0.05, 0.1) is 6.61 Å². The van der Waals surface area contributed by atoms with E-state index in [0.717, 1.165) is 7.11 Å². The van der Waals surface area contributed by atoms with Gasteiger partial charge in [-0.15, -0.1) is 0 Å². The molecule has 0 aromatic carbocycles. The van der Waals surface area contributed by atoms with Gasteiger partial charge in [-0.05, 0) is 6.92 Å². The number of phosphoric ester groups is 2. The number of rotatable bonds is 7. The molecule has 0 aliphatic heterocycles. The first-order chi connectivity index (χ1) is 7.28. The van der Waals surface area contributed by atoms with Crippen molar-refractivity contribution >= 4 is 21.6 Å². The third kappa shape index (κ3) is 5.55. The fourth-order valence-electron chi connectivity index (χ4n) is 0.532. The summed E-state index contributed by atoms with van der Waals surface area (Å²) < 4.78 is 39.4. The molecule has 10 heteroatoms. The van der Waals surface area contributed by atoms with Crippen LogP contribution in [-0.4, -0.2) is 24.6 Å². The molecule has 0 spiro atoms. The van der Waals surface area contributed by atoms with Crippen LogP contribution in [0.2, 0.25) is 0 Å². The highest BCUT2D eigenvalue weighted by Crippen LogP contribution is 2.63. The van der Waals surface area contributed by atoms with Gasteiger partial charge < -0.3 is 9.42 Å². The van der Waals surface area contributed by atoms with Crippen LogP contribution in [0.4, 0.5) is 0 Å². The fraction of sp³-hybridized carbons (Fsp3) is 0.500. The van der Waals surface area contributed by atoms with E-state index >= 15 is 0 Å². The first-order valence-electron chi connectivity index (χ1n) is 3.99. The lowest BCUT2D eigenvalue weighted by molar-refractivity contribution is -0.130. The van der Waals surface area contributed by atoms with Crippen LogP contribution in [0, 0.1) is 0 Å². The van der Waals surface area contributed by atoms with E-state index in [2.05, 4.69) is 24.5 Å². The summed E-state index contributed by atoms with van der Waals surface area (Å²) in [5.74, 6) is -1.12. The molecule has 16 heavy (non-hydrogen) atoms. The monoisotopic (exact) mass is 274 g/mol. The molecule has 0 aliphatic rings. The molecule has 0 aromatic rings. The lowest BCUT2D eigenvalue weighted by Gasteiger charge is -2.17. The van der Waals surface area contributed by atoms with Gasteiger partial charge in [0, 0.05) is 13.2 Å². The number of phosphoric acid groups is 2. The molecule has 1 N–H and O–H groups in total. The van der Waals surface area contributed by atoms with E-state index < -0.39 is 21.6 Å². The van der Waals surface area contributed by atoms with Crippen molar-refractivity contribution in [1.82, 2.24) is 0 Å². The third-order valence-corrected chi connectivity index (χ3v) is 4.15. The Bertz CT molecular complexity index is 350. The van der Waals surface area contributed by atoms with Crippen molar-refractivity contribution < 1.29 is 36.7 Å². The minimum Gasteiger partial charge on any atom is -0.367 e. The van der Waals surface area contributed by atoms with E-state index in [1.807, 2.05) is 0 Å². The molecule has 0 saturated heterocycles. The van der Waals surface area contributed by atoms with Crippen LogP contribution in [0.3, 0.4) is 0 Å². The minimum absolute atomic E-state index is 0.161. The molecule has 0 rings (SSSR count). The van der Waals surface area contributed by atoms with Gasteiger partial charge in [0.15, 0.2) is 0 Å². The van der Waals surface area contributed by atoms with Crippen molar-refractivity contribution in [1.29, 1.82) is 0 Å². The van der Waals surface area contributed by atoms with Crippen molar-refractivity contribution in [3.8, 4) is 0 Å². The molecule has 0 fully saturated rings. The Hall–Kier alpha value is -0.490. The molecular formula is C6H12O8P2. The summed E-state index contributed by atoms with van der Waals surface area (Å²) in [6.45, 7) is 4.31. The molecular weight excluding hydrogens is 262 g/mol. The van der Waals surface area contributed by atoms with Crippen LogP contribution in [0.1, 0.15) is 6.92 Å². The van der Waals surface area contributed by atoms with Gasteiger partial charge in [-0.3, -0.25) is 9.05 Å². The molecule has 0 saturated carbocycles. The van der Waals surface area contributed by atoms with Gasteiger partial charge in [0.1, 0.15) is 0 Å². The number of hydrogen-bond donors (Lipinski definition) is 1. The Morgan fingerprint density at radius 3 is 2.44 bits per heavy atom. The minimum atomic E-state index is -4.59. The Morgan fingerprint density at radius 1 is 1.50 bits per heavy atom. The van der Waals surface area contributed by atoms with Crippen LogP contribution in [0.5, 0.6) is 0 Å². The van der Waals surface area contributed by atoms with Crippen molar-refractivity contribution in [2.24, 2.45) is 0 Å². The van der Waals surface area contributed by atoms with E-state index in [1.165, 1.54) is 6.92 Å². The summed E-state index contributed by atoms with van der Waals surface area (Å²) in [5, 5.41) is 0. The second-order valence-electron chi connectivity index (χ2n) is 2.21. The van der Waals surface area contributed by atoms with Crippen molar-refractivity contribution in [2.45, 2.75) is 6.92 Å². The van der Waals surface area contributed by atoms with E-state index in [-0.39, 0.29) is 6.61 Å². The summed E-state index contributed by atoms with van der Waals surface area (Å²) in [5.41, 5.74) is 0. The second kappa shape index (κ2) is 6.30. The summed E-state index contributed by atoms with van der Waals surface area (Å²) in [6.07, 6.45) is 0.699. The molecule has 0 bridgehead atoms. The maximum absolute atomic E-state index is 11.6. The quantitative estimate of drug-likeness (QED) is 0.551. The molecule has 0 aromatic heterocycles. The van der Waals surface area contributed by atoms with Crippen molar-refractivity contribution in [3.63, 3.8) is 0 Å². The smallest absolute Gasteiger partial charge is 0.367 e. The highest BCUT2D eigenvalue weighted by molar-refractivity contribution is 7.62.